The fraction of sp³-hybridized carbons (Fsp3) is 0.111. The summed E-state index contributed by atoms with van der Waals surface area (Å²) >= 11 is 0. The standard InChI is InChI=1S/C18H15F3N4O/c1-25-16(10-15(24-25)17(20)21)23-18(26)11-6-2-4-8-13(11)22-14-9-5-3-7-12(14)19/h2-10,17,22H,1H3,(H,23,26). The highest BCUT2D eigenvalue weighted by Crippen LogP contribution is 2.25. The third kappa shape index (κ3) is 3.69. The molecule has 0 aliphatic heterocycles. The van der Waals surface area contributed by atoms with Crippen LogP contribution in [0.4, 0.5) is 30.4 Å². The summed E-state index contributed by atoms with van der Waals surface area (Å²) < 4.78 is 40.5. The third-order valence-corrected chi connectivity index (χ3v) is 3.68. The van der Waals surface area contributed by atoms with Gasteiger partial charge in [-0.25, -0.2) is 13.2 Å². The molecule has 8 heteroatoms. The number of nitrogens with one attached hydrogen (secondary N) is 2. The van der Waals surface area contributed by atoms with Crippen molar-refractivity contribution in [3.05, 3.63) is 71.7 Å². The second kappa shape index (κ2) is 7.30. The summed E-state index contributed by atoms with van der Waals surface area (Å²) in [5.74, 6) is -0.866. The van der Waals surface area contributed by atoms with Crippen LogP contribution < -0.4 is 10.6 Å². The molecule has 0 bridgehead atoms. The number of alkyl halides is 2. The minimum absolute atomic E-state index is 0.131. The molecule has 26 heavy (non-hydrogen) atoms. The van der Waals surface area contributed by atoms with Crippen molar-refractivity contribution in [1.29, 1.82) is 0 Å². The molecular weight excluding hydrogens is 345 g/mol. The van der Waals surface area contributed by atoms with Crippen molar-refractivity contribution >= 4 is 23.1 Å². The minimum Gasteiger partial charge on any atom is -0.352 e. The Bertz CT molecular complexity index is 940. The van der Waals surface area contributed by atoms with Gasteiger partial charge in [0.25, 0.3) is 12.3 Å². The topological polar surface area (TPSA) is 59.0 Å². The Morgan fingerprint density at radius 1 is 1.08 bits per heavy atom. The van der Waals surface area contributed by atoms with E-state index in [2.05, 4.69) is 15.7 Å². The monoisotopic (exact) mass is 360 g/mol. The van der Waals surface area contributed by atoms with Crippen molar-refractivity contribution in [2.45, 2.75) is 6.43 Å². The molecule has 0 aliphatic rings. The van der Waals surface area contributed by atoms with Crippen molar-refractivity contribution in [3.8, 4) is 0 Å². The van der Waals surface area contributed by atoms with E-state index in [9.17, 15) is 18.0 Å². The molecule has 2 N–H and O–H groups in total. The molecule has 0 saturated carbocycles. The van der Waals surface area contributed by atoms with Gasteiger partial charge in [-0.3, -0.25) is 9.48 Å². The van der Waals surface area contributed by atoms with Crippen molar-refractivity contribution in [2.75, 3.05) is 10.6 Å². The van der Waals surface area contributed by atoms with Gasteiger partial charge in [-0.05, 0) is 24.3 Å². The maximum absolute atomic E-state index is 13.8. The smallest absolute Gasteiger partial charge is 0.282 e. The molecule has 134 valence electrons. The Balaban J connectivity index is 1.85. The molecule has 0 saturated heterocycles. The zero-order chi connectivity index (χ0) is 18.7. The number of hydrogen-bond acceptors (Lipinski definition) is 3. The summed E-state index contributed by atoms with van der Waals surface area (Å²) in [7, 11) is 1.45. The highest BCUT2D eigenvalue weighted by atomic mass is 19.3. The summed E-state index contributed by atoms with van der Waals surface area (Å²) in [6, 6.07) is 13.7. The molecular formula is C18H15F3N4O. The first-order valence-electron chi connectivity index (χ1n) is 7.69. The number of aromatic nitrogens is 2. The number of aryl methyl sites for hydroxylation is 1. The average molecular weight is 360 g/mol. The first kappa shape index (κ1) is 17.5. The number of carbonyl (C=O) groups is 1. The van der Waals surface area contributed by atoms with Gasteiger partial charge in [-0.15, -0.1) is 0 Å². The number of rotatable bonds is 5. The molecule has 0 radical (unpaired) electrons. The van der Waals surface area contributed by atoms with Gasteiger partial charge in [0.05, 0.1) is 16.9 Å². The number of halogens is 3. The zero-order valence-corrected chi connectivity index (χ0v) is 13.7. The van der Waals surface area contributed by atoms with Gasteiger partial charge in [0.15, 0.2) is 0 Å². The van der Waals surface area contributed by atoms with Crippen LogP contribution in [-0.4, -0.2) is 15.7 Å². The van der Waals surface area contributed by atoms with Crippen LogP contribution in [0.3, 0.4) is 0 Å². The van der Waals surface area contributed by atoms with E-state index in [-0.39, 0.29) is 17.1 Å². The number of nitrogens with zero attached hydrogens (tertiary/aromatic N) is 2. The number of benzene rings is 2. The molecule has 1 aromatic heterocycles. The minimum atomic E-state index is -2.73. The quantitative estimate of drug-likeness (QED) is 0.705. The van der Waals surface area contributed by atoms with Crippen LogP contribution in [-0.2, 0) is 7.05 Å². The van der Waals surface area contributed by atoms with Crippen LogP contribution in [0.15, 0.2) is 54.6 Å². The number of amides is 1. The lowest BCUT2D eigenvalue weighted by Gasteiger charge is -2.12. The first-order chi connectivity index (χ1) is 12.5. The first-order valence-corrected chi connectivity index (χ1v) is 7.69. The molecule has 1 amide bonds. The molecule has 0 spiro atoms. The van der Waals surface area contributed by atoms with Crippen molar-refractivity contribution in [2.24, 2.45) is 7.05 Å². The van der Waals surface area contributed by atoms with Crippen LogP contribution in [0, 0.1) is 5.82 Å². The Kier molecular flexibility index (Phi) is 4.92. The lowest BCUT2D eigenvalue weighted by atomic mass is 10.1. The van der Waals surface area contributed by atoms with E-state index in [1.807, 2.05) is 0 Å². The van der Waals surface area contributed by atoms with E-state index < -0.39 is 23.8 Å². The van der Waals surface area contributed by atoms with E-state index in [0.717, 1.165) is 10.7 Å². The SMILES string of the molecule is Cn1nc(C(F)F)cc1NC(=O)c1ccccc1Nc1ccccc1F. The normalized spacial score (nSPS) is 10.8. The largest absolute Gasteiger partial charge is 0.352 e. The Morgan fingerprint density at radius 3 is 2.38 bits per heavy atom. The highest BCUT2D eigenvalue weighted by molar-refractivity contribution is 6.08. The number of hydrogen-bond donors (Lipinski definition) is 2. The molecule has 2 aromatic carbocycles. The highest BCUT2D eigenvalue weighted by Gasteiger charge is 2.18. The van der Waals surface area contributed by atoms with Crippen LogP contribution in [0.25, 0.3) is 0 Å². The van der Waals surface area contributed by atoms with Gasteiger partial charge in [0.1, 0.15) is 17.3 Å². The van der Waals surface area contributed by atoms with E-state index in [1.165, 1.54) is 13.1 Å². The number of anilines is 3. The van der Waals surface area contributed by atoms with E-state index in [0.29, 0.717) is 5.69 Å². The van der Waals surface area contributed by atoms with Gasteiger partial charge in [0, 0.05) is 13.1 Å². The number of para-hydroxylation sites is 2. The maximum atomic E-state index is 13.8. The van der Waals surface area contributed by atoms with Gasteiger partial charge in [-0.1, -0.05) is 24.3 Å². The molecule has 1 heterocycles. The predicted molar refractivity (Wildman–Crippen MR) is 92.2 cm³/mol. The molecule has 3 rings (SSSR count). The van der Waals surface area contributed by atoms with E-state index in [1.54, 1.807) is 42.5 Å². The molecule has 0 aliphatic carbocycles. The average Bonchev–Trinajstić information content (AvgIpc) is 2.98. The van der Waals surface area contributed by atoms with Crippen molar-refractivity contribution < 1.29 is 18.0 Å². The number of carbonyl (C=O) groups excluding carboxylic acids is 1. The van der Waals surface area contributed by atoms with E-state index in [4.69, 9.17) is 0 Å². The summed E-state index contributed by atoms with van der Waals surface area (Å²) in [6.07, 6.45) is -2.73. The van der Waals surface area contributed by atoms with Crippen LogP contribution in [0.2, 0.25) is 0 Å². The van der Waals surface area contributed by atoms with Gasteiger partial charge < -0.3 is 10.6 Å². The Labute approximate surface area is 147 Å². The van der Waals surface area contributed by atoms with Crippen molar-refractivity contribution in [1.82, 2.24) is 9.78 Å². The second-order valence-electron chi connectivity index (χ2n) is 5.48. The fourth-order valence-corrected chi connectivity index (χ4v) is 2.39. The van der Waals surface area contributed by atoms with Gasteiger partial charge in [-0.2, -0.15) is 5.10 Å². The second-order valence-corrected chi connectivity index (χ2v) is 5.48. The molecule has 0 fully saturated rings. The van der Waals surface area contributed by atoms with Crippen LogP contribution >= 0.6 is 0 Å². The molecule has 0 unspecified atom stereocenters. The Hall–Kier alpha value is -3.29. The Morgan fingerprint density at radius 2 is 1.73 bits per heavy atom. The summed E-state index contributed by atoms with van der Waals surface area (Å²) in [6.45, 7) is 0. The fourth-order valence-electron chi connectivity index (χ4n) is 2.39. The van der Waals surface area contributed by atoms with Crippen LogP contribution in [0.5, 0.6) is 0 Å². The van der Waals surface area contributed by atoms with Gasteiger partial charge >= 0.3 is 0 Å². The summed E-state index contributed by atoms with van der Waals surface area (Å²) in [5.41, 5.74) is 0.399. The van der Waals surface area contributed by atoms with Crippen molar-refractivity contribution in [3.63, 3.8) is 0 Å². The summed E-state index contributed by atoms with van der Waals surface area (Å²) in [4.78, 5) is 12.6. The molecule has 0 atom stereocenters. The maximum Gasteiger partial charge on any atom is 0.282 e. The van der Waals surface area contributed by atoms with Crippen LogP contribution in [0.1, 0.15) is 22.5 Å². The van der Waals surface area contributed by atoms with E-state index >= 15 is 0 Å². The predicted octanol–water partition coefficient (Wildman–Crippen LogP) is 4.49. The summed E-state index contributed by atoms with van der Waals surface area (Å²) in [5, 5.41) is 9.05. The zero-order valence-electron chi connectivity index (χ0n) is 13.7. The molecule has 3 aromatic rings. The third-order valence-electron chi connectivity index (χ3n) is 3.68. The molecule has 5 nitrogen and oxygen atoms in total. The lowest BCUT2D eigenvalue weighted by molar-refractivity contribution is 0.102. The lowest BCUT2D eigenvalue weighted by Crippen LogP contribution is -2.16. The van der Waals surface area contributed by atoms with Gasteiger partial charge in [0.2, 0.25) is 0 Å².